The highest BCUT2D eigenvalue weighted by Crippen LogP contribution is 2.31. The standard InChI is InChI=1S/C13H11N3O3/c17-12(18)13(7-19-8-13)11-15-6-4-10(16-11)9-3-1-2-5-14-9/h1-6H,7-8H2,(H,17,18). The summed E-state index contributed by atoms with van der Waals surface area (Å²) < 4.78 is 5.02. The number of carboxylic acid groups (broad SMARTS) is 1. The second-order valence-corrected chi connectivity index (χ2v) is 4.36. The molecule has 19 heavy (non-hydrogen) atoms. The van der Waals surface area contributed by atoms with Crippen molar-refractivity contribution in [1.29, 1.82) is 0 Å². The molecule has 3 rings (SSSR count). The van der Waals surface area contributed by atoms with Crippen molar-refractivity contribution in [1.82, 2.24) is 15.0 Å². The minimum atomic E-state index is -1.12. The molecule has 0 saturated carbocycles. The summed E-state index contributed by atoms with van der Waals surface area (Å²) in [6.45, 7) is 0.210. The smallest absolute Gasteiger partial charge is 0.322 e. The molecule has 0 aliphatic carbocycles. The zero-order valence-corrected chi connectivity index (χ0v) is 9.98. The molecule has 1 aliphatic rings. The fraction of sp³-hybridized carbons (Fsp3) is 0.231. The van der Waals surface area contributed by atoms with Crippen LogP contribution in [0, 0.1) is 0 Å². The van der Waals surface area contributed by atoms with Gasteiger partial charge in [0.2, 0.25) is 0 Å². The van der Waals surface area contributed by atoms with Crippen LogP contribution < -0.4 is 0 Å². The van der Waals surface area contributed by atoms with Gasteiger partial charge in [0.15, 0.2) is 11.2 Å². The van der Waals surface area contributed by atoms with E-state index in [-0.39, 0.29) is 19.0 Å². The van der Waals surface area contributed by atoms with Crippen molar-refractivity contribution in [3.63, 3.8) is 0 Å². The van der Waals surface area contributed by atoms with E-state index in [2.05, 4.69) is 15.0 Å². The molecule has 0 unspecified atom stereocenters. The highest BCUT2D eigenvalue weighted by molar-refractivity contribution is 5.81. The zero-order valence-electron chi connectivity index (χ0n) is 9.98. The van der Waals surface area contributed by atoms with Gasteiger partial charge < -0.3 is 9.84 Å². The topological polar surface area (TPSA) is 85.2 Å². The minimum Gasteiger partial charge on any atom is -0.480 e. The van der Waals surface area contributed by atoms with E-state index in [1.165, 1.54) is 0 Å². The lowest BCUT2D eigenvalue weighted by Gasteiger charge is -2.35. The first-order valence-electron chi connectivity index (χ1n) is 5.78. The number of hydrogen-bond acceptors (Lipinski definition) is 5. The largest absolute Gasteiger partial charge is 0.480 e. The first kappa shape index (κ1) is 11.7. The molecule has 0 amide bonds. The molecule has 2 aromatic heterocycles. The maximum atomic E-state index is 11.4. The fourth-order valence-corrected chi connectivity index (χ4v) is 1.90. The number of ether oxygens (including phenoxy) is 1. The van der Waals surface area contributed by atoms with Gasteiger partial charge in [0.05, 0.1) is 24.6 Å². The van der Waals surface area contributed by atoms with Crippen LogP contribution in [0.5, 0.6) is 0 Å². The number of nitrogens with zero attached hydrogens (tertiary/aromatic N) is 3. The number of carbonyl (C=O) groups is 1. The van der Waals surface area contributed by atoms with Crippen molar-refractivity contribution < 1.29 is 14.6 Å². The fourth-order valence-electron chi connectivity index (χ4n) is 1.90. The molecule has 0 atom stereocenters. The normalized spacial score (nSPS) is 16.6. The summed E-state index contributed by atoms with van der Waals surface area (Å²) in [5, 5.41) is 9.32. The van der Waals surface area contributed by atoms with Gasteiger partial charge in [-0.05, 0) is 18.2 Å². The van der Waals surface area contributed by atoms with Gasteiger partial charge in [0, 0.05) is 12.4 Å². The van der Waals surface area contributed by atoms with E-state index in [1.54, 1.807) is 18.5 Å². The summed E-state index contributed by atoms with van der Waals surface area (Å²) in [6, 6.07) is 7.19. The summed E-state index contributed by atoms with van der Waals surface area (Å²) in [5.41, 5.74) is 0.176. The maximum absolute atomic E-state index is 11.4. The Hall–Kier alpha value is -2.34. The Balaban J connectivity index is 2.03. The average molecular weight is 257 g/mol. The van der Waals surface area contributed by atoms with Crippen LogP contribution in [0.4, 0.5) is 0 Å². The van der Waals surface area contributed by atoms with Gasteiger partial charge in [-0.15, -0.1) is 0 Å². The van der Waals surface area contributed by atoms with Crippen LogP contribution in [0.25, 0.3) is 11.4 Å². The molecular weight excluding hydrogens is 246 g/mol. The molecular formula is C13H11N3O3. The average Bonchev–Trinajstić information content (AvgIpc) is 2.38. The molecule has 3 heterocycles. The van der Waals surface area contributed by atoms with Crippen molar-refractivity contribution in [2.45, 2.75) is 5.41 Å². The lowest BCUT2D eigenvalue weighted by molar-refractivity contribution is -0.164. The Morgan fingerprint density at radius 2 is 2.00 bits per heavy atom. The Morgan fingerprint density at radius 3 is 2.58 bits per heavy atom. The molecule has 2 aromatic rings. The Labute approximate surface area is 109 Å². The molecule has 1 saturated heterocycles. The Morgan fingerprint density at radius 1 is 1.16 bits per heavy atom. The predicted octanol–water partition coefficient (Wildman–Crippen LogP) is 0.891. The lowest BCUT2D eigenvalue weighted by atomic mass is 9.85. The van der Waals surface area contributed by atoms with Crippen LogP contribution in [0.15, 0.2) is 36.7 Å². The summed E-state index contributed by atoms with van der Waals surface area (Å²) in [4.78, 5) is 24.0. The summed E-state index contributed by atoms with van der Waals surface area (Å²) in [7, 11) is 0. The number of aromatic nitrogens is 3. The van der Waals surface area contributed by atoms with E-state index in [0.29, 0.717) is 11.4 Å². The second kappa shape index (κ2) is 4.40. The highest BCUT2D eigenvalue weighted by atomic mass is 16.5. The number of aliphatic carboxylic acids is 1. The number of hydrogen-bond donors (Lipinski definition) is 1. The first-order chi connectivity index (χ1) is 9.22. The number of pyridine rings is 1. The zero-order chi connectivity index (χ0) is 13.3. The van der Waals surface area contributed by atoms with Crippen molar-refractivity contribution >= 4 is 5.97 Å². The van der Waals surface area contributed by atoms with E-state index in [4.69, 9.17) is 4.74 Å². The second-order valence-electron chi connectivity index (χ2n) is 4.36. The maximum Gasteiger partial charge on any atom is 0.322 e. The van der Waals surface area contributed by atoms with Crippen LogP contribution in [0.1, 0.15) is 5.82 Å². The SMILES string of the molecule is O=C(O)C1(c2nccc(-c3ccccn3)n2)COC1. The molecule has 0 radical (unpaired) electrons. The number of carboxylic acids is 1. The molecule has 0 aromatic carbocycles. The van der Waals surface area contributed by atoms with E-state index in [0.717, 1.165) is 0 Å². The summed E-state index contributed by atoms with van der Waals surface area (Å²) >= 11 is 0. The molecule has 1 aliphatic heterocycles. The first-order valence-corrected chi connectivity index (χ1v) is 5.78. The Bertz CT molecular complexity index is 612. The van der Waals surface area contributed by atoms with Crippen LogP contribution in [-0.4, -0.2) is 39.2 Å². The molecule has 96 valence electrons. The van der Waals surface area contributed by atoms with Crippen LogP contribution in [0.3, 0.4) is 0 Å². The van der Waals surface area contributed by atoms with Crippen LogP contribution >= 0.6 is 0 Å². The van der Waals surface area contributed by atoms with Gasteiger partial charge in [-0.1, -0.05) is 6.07 Å². The summed E-state index contributed by atoms with van der Waals surface area (Å²) in [5.74, 6) is -0.689. The van der Waals surface area contributed by atoms with E-state index in [1.807, 2.05) is 18.2 Å². The van der Waals surface area contributed by atoms with Crippen molar-refractivity contribution in [2.75, 3.05) is 13.2 Å². The molecule has 0 bridgehead atoms. The van der Waals surface area contributed by atoms with E-state index in [9.17, 15) is 9.90 Å². The van der Waals surface area contributed by atoms with Gasteiger partial charge >= 0.3 is 5.97 Å². The molecule has 6 nitrogen and oxygen atoms in total. The quantitative estimate of drug-likeness (QED) is 0.879. The third-order valence-corrected chi connectivity index (χ3v) is 3.12. The lowest BCUT2D eigenvalue weighted by Crippen LogP contribution is -2.54. The van der Waals surface area contributed by atoms with Gasteiger partial charge in [0.25, 0.3) is 0 Å². The predicted molar refractivity (Wildman–Crippen MR) is 65.4 cm³/mol. The van der Waals surface area contributed by atoms with Crippen LogP contribution in [-0.2, 0) is 14.9 Å². The van der Waals surface area contributed by atoms with Gasteiger partial charge in [-0.2, -0.15) is 0 Å². The van der Waals surface area contributed by atoms with Gasteiger partial charge in [-0.3, -0.25) is 9.78 Å². The monoisotopic (exact) mass is 257 g/mol. The highest BCUT2D eigenvalue weighted by Gasteiger charge is 2.50. The third-order valence-electron chi connectivity index (χ3n) is 3.12. The van der Waals surface area contributed by atoms with Crippen LogP contribution in [0.2, 0.25) is 0 Å². The van der Waals surface area contributed by atoms with E-state index >= 15 is 0 Å². The van der Waals surface area contributed by atoms with Crippen molar-refractivity contribution in [3.05, 3.63) is 42.5 Å². The number of rotatable bonds is 3. The minimum absolute atomic E-state index is 0.105. The van der Waals surface area contributed by atoms with Gasteiger partial charge in [0.1, 0.15) is 0 Å². The van der Waals surface area contributed by atoms with Crippen molar-refractivity contribution in [3.8, 4) is 11.4 Å². The third kappa shape index (κ3) is 1.86. The molecule has 6 heteroatoms. The molecule has 0 spiro atoms. The van der Waals surface area contributed by atoms with Crippen molar-refractivity contribution in [2.24, 2.45) is 0 Å². The Kier molecular flexibility index (Phi) is 2.72. The van der Waals surface area contributed by atoms with Gasteiger partial charge in [-0.25, -0.2) is 9.97 Å². The molecule has 1 fully saturated rings. The van der Waals surface area contributed by atoms with E-state index < -0.39 is 11.4 Å². The summed E-state index contributed by atoms with van der Waals surface area (Å²) in [6.07, 6.45) is 3.21. The molecule has 1 N–H and O–H groups in total.